The van der Waals surface area contributed by atoms with Crippen molar-refractivity contribution >= 4 is 17.1 Å². The maximum absolute atomic E-state index is 5.70. The number of benzene rings is 1. The van der Waals surface area contributed by atoms with E-state index >= 15 is 0 Å². The lowest BCUT2D eigenvalue weighted by Crippen LogP contribution is -2.54. The number of aryl methyl sites for hydroxylation is 1. The van der Waals surface area contributed by atoms with Crippen molar-refractivity contribution in [3.8, 4) is 0 Å². The highest BCUT2D eigenvalue weighted by molar-refractivity contribution is 7.81. The van der Waals surface area contributed by atoms with Crippen molar-refractivity contribution in [3.63, 3.8) is 0 Å². The van der Waals surface area contributed by atoms with Gasteiger partial charge in [0.25, 0.3) is 0 Å². The zero-order chi connectivity index (χ0) is 13.2. The summed E-state index contributed by atoms with van der Waals surface area (Å²) in [7, 11) is 0. The Kier molecular flexibility index (Phi) is 4.15. The van der Waals surface area contributed by atoms with Crippen LogP contribution in [-0.2, 0) is 4.74 Å². The van der Waals surface area contributed by atoms with E-state index in [0.29, 0.717) is 0 Å². The molecule has 0 aliphatic carbocycles. The van der Waals surface area contributed by atoms with Crippen molar-refractivity contribution in [2.45, 2.75) is 26.3 Å². The molecule has 2 nitrogen and oxygen atoms in total. The van der Waals surface area contributed by atoms with Crippen LogP contribution in [0, 0.1) is 6.92 Å². The van der Waals surface area contributed by atoms with Crippen LogP contribution in [0.1, 0.15) is 25.0 Å². The molecule has 1 aliphatic heterocycles. The van der Waals surface area contributed by atoms with Crippen molar-refractivity contribution in [1.29, 1.82) is 0 Å². The van der Waals surface area contributed by atoms with E-state index in [9.17, 15) is 0 Å². The van der Waals surface area contributed by atoms with Gasteiger partial charge in [0.15, 0.2) is 0 Å². The normalized spacial score (nSPS) is 17.7. The molecule has 98 valence electrons. The first-order valence-electron chi connectivity index (χ1n) is 6.46. The van der Waals surface area contributed by atoms with E-state index in [-0.39, 0.29) is 5.54 Å². The summed E-state index contributed by atoms with van der Waals surface area (Å²) in [5, 5.41) is 0. The molecule has 1 aromatic carbocycles. The van der Waals surface area contributed by atoms with Gasteiger partial charge in [0.2, 0.25) is 0 Å². The average molecular weight is 263 g/mol. The molecule has 1 fully saturated rings. The summed E-state index contributed by atoms with van der Waals surface area (Å²) >= 11 is 5.70. The molecule has 0 spiro atoms. The topological polar surface area (TPSA) is 12.5 Å². The lowest BCUT2D eigenvalue weighted by molar-refractivity contribution is 0.0108. The van der Waals surface area contributed by atoms with Crippen LogP contribution in [0.15, 0.2) is 24.3 Å². The molecule has 0 atom stereocenters. The predicted octanol–water partition coefficient (Wildman–Crippen LogP) is 2.82. The first-order chi connectivity index (χ1) is 8.51. The average Bonchev–Trinajstić information content (AvgIpc) is 2.40. The third-order valence-corrected chi connectivity index (χ3v) is 4.41. The van der Waals surface area contributed by atoms with E-state index in [0.717, 1.165) is 36.7 Å². The van der Waals surface area contributed by atoms with E-state index in [2.05, 4.69) is 49.9 Å². The molecule has 1 saturated heterocycles. The first kappa shape index (κ1) is 13.7. The molecule has 0 unspecified atom stereocenters. The Balaban J connectivity index is 2.17. The monoisotopic (exact) mass is 263 g/mol. The van der Waals surface area contributed by atoms with Crippen LogP contribution in [0.5, 0.6) is 0 Å². The van der Waals surface area contributed by atoms with Crippen molar-refractivity contribution in [2.24, 2.45) is 0 Å². The van der Waals surface area contributed by atoms with Crippen LogP contribution in [0.25, 0.3) is 0 Å². The number of rotatable bonds is 3. The SMILES string of the molecule is Cc1ccc(C(=S)C(C)(C)N2CCOCC2)cc1. The van der Waals surface area contributed by atoms with E-state index < -0.39 is 0 Å². The second kappa shape index (κ2) is 5.47. The van der Waals surface area contributed by atoms with Crippen LogP contribution >= 0.6 is 12.2 Å². The molecule has 1 aromatic rings. The third-order valence-electron chi connectivity index (χ3n) is 3.67. The molecule has 0 bridgehead atoms. The number of thiocarbonyl (C=S) groups is 1. The van der Waals surface area contributed by atoms with Gasteiger partial charge >= 0.3 is 0 Å². The lowest BCUT2D eigenvalue weighted by Gasteiger charge is -2.41. The fourth-order valence-corrected chi connectivity index (χ4v) is 2.59. The van der Waals surface area contributed by atoms with Gasteiger partial charge in [-0.25, -0.2) is 0 Å². The molecule has 0 aromatic heterocycles. The number of nitrogens with zero attached hydrogens (tertiary/aromatic N) is 1. The molecule has 2 rings (SSSR count). The van der Waals surface area contributed by atoms with Crippen molar-refractivity contribution < 1.29 is 4.74 Å². The van der Waals surface area contributed by atoms with Crippen LogP contribution < -0.4 is 0 Å². The fourth-order valence-electron chi connectivity index (χ4n) is 2.32. The zero-order valence-corrected chi connectivity index (χ0v) is 12.2. The van der Waals surface area contributed by atoms with Crippen LogP contribution in [0.2, 0.25) is 0 Å². The van der Waals surface area contributed by atoms with E-state index in [1.165, 1.54) is 5.56 Å². The number of morpholine rings is 1. The predicted molar refractivity (Wildman–Crippen MR) is 79.4 cm³/mol. The summed E-state index contributed by atoms with van der Waals surface area (Å²) in [5.41, 5.74) is 2.34. The third kappa shape index (κ3) is 2.79. The number of ether oxygens (including phenoxy) is 1. The molecule has 18 heavy (non-hydrogen) atoms. The Labute approximate surface area is 115 Å². The Hall–Kier alpha value is -0.770. The van der Waals surface area contributed by atoms with Gasteiger partial charge in [-0.2, -0.15) is 0 Å². The number of hydrogen-bond donors (Lipinski definition) is 0. The standard InChI is InChI=1S/C15H21NOS/c1-12-4-6-13(7-5-12)14(18)15(2,3)16-8-10-17-11-9-16/h4-7H,8-11H2,1-3H3. The maximum Gasteiger partial charge on any atom is 0.0594 e. The summed E-state index contributed by atoms with van der Waals surface area (Å²) in [6.45, 7) is 10.0. The molecule has 0 radical (unpaired) electrons. The van der Waals surface area contributed by atoms with Gasteiger partial charge in [-0.3, -0.25) is 4.90 Å². The van der Waals surface area contributed by atoms with Gasteiger partial charge in [0.1, 0.15) is 0 Å². The van der Waals surface area contributed by atoms with Gasteiger partial charge in [-0.1, -0.05) is 42.0 Å². The molecule has 0 saturated carbocycles. The number of hydrogen-bond acceptors (Lipinski definition) is 3. The van der Waals surface area contributed by atoms with Crippen LogP contribution in [0.4, 0.5) is 0 Å². The lowest BCUT2D eigenvalue weighted by atomic mass is 9.92. The molecule has 3 heteroatoms. The Morgan fingerprint density at radius 3 is 2.28 bits per heavy atom. The molecule has 1 aliphatic rings. The molecular weight excluding hydrogens is 242 g/mol. The highest BCUT2D eigenvalue weighted by Gasteiger charge is 2.32. The highest BCUT2D eigenvalue weighted by Crippen LogP contribution is 2.23. The van der Waals surface area contributed by atoms with E-state index in [1.54, 1.807) is 0 Å². The highest BCUT2D eigenvalue weighted by atomic mass is 32.1. The summed E-state index contributed by atoms with van der Waals surface area (Å²) in [5.74, 6) is 0. The Bertz CT molecular complexity index is 419. The molecule has 0 amide bonds. The Morgan fingerprint density at radius 2 is 1.72 bits per heavy atom. The van der Waals surface area contributed by atoms with Gasteiger partial charge in [0.05, 0.1) is 18.8 Å². The second-order valence-electron chi connectivity index (χ2n) is 5.35. The Morgan fingerprint density at radius 1 is 1.17 bits per heavy atom. The van der Waals surface area contributed by atoms with E-state index in [1.807, 2.05) is 0 Å². The molecule has 1 heterocycles. The smallest absolute Gasteiger partial charge is 0.0594 e. The maximum atomic E-state index is 5.70. The van der Waals surface area contributed by atoms with Crippen LogP contribution in [0.3, 0.4) is 0 Å². The summed E-state index contributed by atoms with van der Waals surface area (Å²) in [6.07, 6.45) is 0. The summed E-state index contributed by atoms with van der Waals surface area (Å²) < 4.78 is 5.41. The van der Waals surface area contributed by atoms with E-state index in [4.69, 9.17) is 17.0 Å². The fraction of sp³-hybridized carbons (Fsp3) is 0.533. The van der Waals surface area contributed by atoms with Gasteiger partial charge in [-0.15, -0.1) is 0 Å². The van der Waals surface area contributed by atoms with Gasteiger partial charge in [0, 0.05) is 18.0 Å². The van der Waals surface area contributed by atoms with Crippen LogP contribution in [-0.4, -0.2) is 41.6 Å². The summed E-state index contributed by atoms with van der Waals surface area (Å²) in [4.78, 5) is 3.43. The van der Waals surface area contributed by atoms with Crippen molar-refractivity contribution in [1.82, 2.24) is 4.90 Å². The minimum Gasteiger partial charge on any atom is -0.379 e. The van der Waals surface area contributed by atoms with Gasteiger partial charge in [-0.05, 0) is 26.3 Å². The molecule has 0 N–H and O–H groups in total. The largest absolute Gasteiger partial charge is 0.379 e. The van der Waals surface area contributed by atoms with Crippen molar-refractivity contribution in [3.05, 3.63) is 35.4 Å². The summed E-state index contributed by atoms with van der Waals surface area (Å²) in [6, 6.07) is 8.49. The molecular formula is C15H21NOS. The first-order valence-corrected chi connectivity index (χ1v) is 6.87. The minimum absolute atomic E-state index is 0.0889. The minimum atomic E-state index is -0.0889. The quantitative estimate of drug-likeness (QED) is 0.614. The zero-order valence-electron chi connectivity index (χ0n) is 11.4. The van der Waals surface area contributed by atoms with Gasteiger partial charge < -0.3 is 4.74 Å². The van der Waals surface area contributed by atoms with Crippen molar-refractivity contribution in [2.75, 3.05) is 26.3 Å². The second-order valence-corrected chi connectivity index (χ2v) is 5.76.